The summed E-state index contributed by atoms with van der Waals surface area (Å²) in [6.07, 6.45) is 0. The number of esters is 1. The molecule has 0 amide bonds. The molecule has 0 aliphatic carbocycles. The Morgan fingerprint density at radius 2 is 1.36 bits per heavy atom. The van der Waals surface area contributed by atoms with Gasteiger partial charge >= 0.3 is 5.97 Å². The van der Waals surface area contributed by atoms with Gasteiger partial charge in [0.15, 0.2) is 0 Å². The van der Waals surface area contributed by atoms with Gasteiger partial charge in [0.2, 0.25) is 34.8 Å². The summed E-state index contributed by atoms with van der Waals surface area (Å²) in [5.41, 5.74) is 0.437. The van der Waals surface area contributed by atoms with Crippen molar-refractivity contribution in [3.05, 3.63) is 71.0 Å². The Hall–Kier alpha value is -3.16. The molecule has 0 spiro atoms. The van der Waals surface area contributed by atoms with Crippen LogP contribution in [0, 0.1) is 29.1 Å². The first-order chi connectivity index (χ1) is 13.2. The highest BCUT2D eigenvalue weighted by atomic mass is 19.2. The second-order valence-corrected chi connectivity index (χ2v) is 6.01. The third-order valence-electron chi connectivity index (χ3n) is 4.30. The molecule has 3 rings (SSSR count). The molecule has 3 nitrogen and oxygen atoms in total. The number of ether oxygens (including phenoxy) is 2. The highest BCUT2D eigenvalue weighted by molar-refractivity contribution is 5.87. The van der Waals surface area contributed by atoms with E-state index in [1.807, 2.05) is 0 Å². The molecule has 0 radical (unpaired) electrons. The van der Waals surface area contributed by atoms with Gasteiger partial charge < -0.3 is 9.47 Å². The first-order valence-corrected chi connectivity index (χ1v) is 8.05. The average Bonchev–Trinajstić information content (AvgIpc) is 2.72. The van der Waals surface area contributed by atoms with Crippen molar-refractivity contribution in [3.63, 3.8) is 0 Å². The van der Waals surface area contributed by atoms with E-state index >= 15 is 0 Å². The molecule has 28 heavy (non-hydrogen) atoms. The van der Waals surface area contributed by atoms with E-state index in [9.17, 15) is 26.7 Å². The highest BCUT2D eigenvalue weighted by Gasteiger charge is 2.30. The van der Waals surface area contributed by atoms with E-state index in [1.165, 1.54) is 14.0 Å². The van der Waals surface area contributed by atoms with E-state index in [-0.39, 0.29) is 0 Å². The molecule has 0 bridgehead atoms. The van der Waals surface area contributed by atoms with Crippen LogP contribution in [0.1, 0.15) is 18.4 Å². The Morgan fingerprint density at radius 1 is 0.821 bits per heavy atom. The molecule has 0 saturated carbocycles. The standard InChI is InChI=1S/C20H13F5O3/c1-9(10-3-4-12-8-13(27-2)6-5-11(12)7-10)20(26)28-19-17(24)15(22)14(21)16(23)18(19)25/h3-9H,1-2H3/t9-/m1/s1. The van der Waals surface area contributed by atoms with Crippen LogP contribution >= 0.6 is 0 Å². The molecule has 0 aliphatic rings. The fraction of sp³-hybridized carbons (Fsp3) is 0.150. The Balaban J connectivity index is 1.91. The molecule has 0 heterocycles. The van der Waals surface area contributed by atoms with Gasteiger partial charge in [-0.3, -0.25) is 4.79 Å². The molecule has 0 aromatic heterocycles. The summed E-state index contributed by atoms with van der Waals surface area (Å²) in [6.45, 7) is 1.39. The number of hydrogen-bond donors (Lipinski definition) is 0. The predicted octanol–water partition coefficient (Wildman–Crippen LogP) is 5.25. The minimum absolute atomic E-state index is 0.437. The molecule has 3 aromatic carbocycles. The molecule has 0 unspecified atom stereocenters. The van der Waals surface area contributed by atoms with Crippen LogP contribution in [0.3, 0.4) is 0 Å². The lowest BCUT2D eigenvalue weighted by atomic mass is 9.98. The summed E-state index contributed by atoms with van der Waals surface area (Å²) in [5, 5.41) is 1.58. The number of hydrogen-bond acceptors (Lipinski definition) is 3. The minimum atomic E-state index is -2.33. The number of benzene rings is 3. The van der Waals surface area contributed by atoms with Gasteiger partial charge in [0, 0.05) is 0 Å². The van der Waals surface area contributed by atoms with Crippen LogP contribution in [-0.4, -0.2) is 13.1 Å². The van der Waals surface area contributed by atoms with Gasteiger partial charge in [-0.05, 0) is 35.4 Å². The molecule has 3 aromatic rings. The Morgan fingerprint density at radius 3 is 1.96 bits per heavy atom. The molecule has 0 N–H and O–H groups in total. The zero-order chi connectivity index (χ0) is 20.6. The summed E-state index contributed by atoms with van der Waals surface area (Å²) in [5.74, 6) is -14.3. The summed E-state index contributed by atoms with van der Waals surface area (Å²) >= 11 is 0. The molecule has 0 fully saturated rings. The van der Waals surface area contributed by atoms with Crippen LogP contribution in [0.15, 0.2) is 36.4 Å². The normalized spacial score (nSPS) is 12.1. The van der Waals surface area contributed by atoms with E-state index < -0.39 is 46.7 Å². The summed E-state index contributed by atoms with van der Waals surface area (Å²) in [7, 11) is 1.52. The van der Waals surface area contributed by atoms with Crippen LogP contribution in [-0.2, 0) is 4.79 Å². The maximum absolute atomic E-state index is 13.7. The van der Waals surface area contributed by atoms with Crippen molar-refractivity contribution in [2.45, 2.75) is 12.8 Å². The van der Waals surface area contributed by atoms with Crippen molar-refractivity contribution in [2.24, 2.45) is 0 Å². The topological polar surface area (TPSA) is 35.5 Å². The van der Waals surface area contributed by atoms with E-state index in [0.717, 1.165) is 10.8 Å². The SMILES string of the molecule is COc1ccc2cc([C@@H](C)C(=O)Oc3c(F)c(F)c(F)c(F)c3F)ccc2c1. The number of halogens is 5. The van der Waals surface area contributed by atoms with Crippen LogP contribution in [0.4, 0.5) is 22.0 Å². The van der Waals surface area contributed by atoms with E-state index in [2.05, 4.69) is 4.74 Å². The summed E-state index contributed by atoms with van der Waals surface area (Å²) < 4.78 is 76.6. The number of carbonyl (C=O) groups is 1. The zero-order valence-electron chi connectivity index (χ0n) is 14.7. The van der Waals surface area contributed by atoms with E-state index in [0.29, 0.717) is 11.3 Å². The molecule has 0 saturated heterocycles. The van der Waals surface area contributed by atoms with Crippen LogP contribution < -0.4 is 9.47 Å². The van der Waals surface area contributed by atoms with Crippen molar-refractivity contribution in [1.82, 2.24) is 0 Å². The molecule has 146 valence electrons. The number of fused-ring (bicyclic) bond motifs is 1. The van der Waals surface area contributed by atoms with Crippen molar-refractivity contribution < 1.29 is 36.2 Å². The van der Waals surface area contributed by atoms with Crippen molar-refractivity contribution in [1.29, 1.82) is 0 Å². The van der Waals surface area contributed by atoms with E-state index in [1.54, 1.807) is 36.4 Å². The third-order valence-corrected chi connectivity index (χ3v) is 4.30. The lowest BCUT2D eigenvalue weighted by Gasteiger charge is -2.14. The Kier molecular flexibility index (Phi) is 5.22. The zero-order valence-corrected chi connectivity index (χ0v) is 14.7. The van der Waals surface area contributed by atoms with Crippen LogP contribution in [0.5, 0.6) is 11.5 Å². The third kappa shape index (κ3) is 3.37. The number of carbonyl (C=O) groups excluding carboxylic acids is 1. The van der Waals surface area contributed by atoms with Crippen LogP contribution in [0.25, 0.3) is 10.8 Å². The fourth-order valence-electron chi connectivity index (χ4n) is 2.64. The van der Waals surface area contributed by atoms with Gasteiger partial charge in [-0.25, -0.2) is 13.2 Å². The quantitative estimate of drug-likeness (QED) is 0.199. The second kappa shape index (κ2) is 7.46. The molecular weight excluding hydrogens is 383 g/mol. The molecular formula is C20H13F5O3. The summed E-state index contributed by atoms with van der Waals surface area (Å²) in [4.78, 5) is 12.2. The van der Waals surface area contributed by atoms with Gasteiger partial charge in [0.25, 0.3) is 0 Å². The van der Waals surface area contributed by atoms with Gasteiger partial charge in [0.1, 0.15) is 5.75 Å². The second-order valence-electron chi connectivity index (χ2n) is 6.01. The average molecular weight is 396 g/mol. The van der Waals surface area contributed by atoms with Gasteiger partial charge in [-0.2, -0.15) is 8.78 Å². The largest absolute Gasteiger partial charge is 0.497 e. The smallest absolute Gasteiger partial charge is 0.318 e. The van der Waals surface area contributed by atoms with Crippen molar-refractivity contribution >= 4 is 16.7 Å². The molecule has 8 heteroatoms. The molecule has 0 aliphatic heterocycles. The monoisotopic (exact) mass is 396 g/mol. The van der Waals surface area contributed by atoms with Gasteiger partial charge in [-0.1, -0.05) is 24.3 Å². The highest BCUT2D eigenvalue weighted by Crippen LogP contribution is 2.31. The van der Waals surface area contributed by atoms with Gasteiger partial charge in [-0.15, -0.1) is 0 Å². The summed E-state index contributed by atoms with van der Waals surface area (Å²) in [6, 6.07) is 10.2. The number of methoxy groups -OCH3 is 1. The Labute approximate surface area is 156 Å². The van der Waals surface area contributed by atoms with Crippen molar-refractivity contribution in [3.8, 4) is 11.5 Å². The first kappa shape index (κ1) is 19.6. The maximum Gasteiger partial charge on any atom is 0.318 e. The predicted molar refractivity (Wildman–Crippen MR) is 90.8 cm³/mol. The van der Waals surface area contributed by atoms with Crippen LogP contribution in [0.2, 0.25) is 0 Å². The lowest BCUT2D eigenvalue weighted by Crippen LogP contribution is -2.19. The fourth-order valence-corrected chi connectivity index (χ4v) is 2.64. The lowest BCUT2D eigenvalue weighted by molar-refractivity contribution is -0.136. The Bertz CT molecular complexity index is 1050. The van der Waals surface area contributed by atoms with Crippen molar-refractivity contribution in [2.75, 3.05) is 7.11 Å². The molecule has 1 atom stereocenters. The first-order valence-electron chi connectivity index (χ1n) is 8.05. The minimum Gasteiger partial charge on any atom is -0.497 e. The van der Waals surface area contributed by atoms with Gasteiger partial charge in [0.05, 0.1) is 13.0 Å². The van der Waals surface area contributed by atoms with E-state index in [4.69, 9.17) is 4.74 Å². The maximum atomic E-state index is 13.7. The number of rotatable bonds is 4.